The molecular formula is C18H25NO2. The summed E-state index contributed by atoms with van der Waals surface area (Å²) in [6.07, 6.45) is 5.39. The van der Waals surface area contributed by atoms with Crippen molar-refractivity contribution in [1.82, 2.24) is 5.32 Å². The summed E-state index contributed by atoms with van der Waals surface area (Å²) in [4.78, 5) is 12.3. The Balaban J connectivity index is 1.52. The Morgan fingerprint density at radius 1 is 1.24 bits per heavy atom. The molecule has 1 aromatic carbocycles. The van der Waals surface area contributed by atoms with Crippen LogP contribution in [0.5, 0.6) is 0 Å². The van der Waals surface area contributed by atoms with Gasteiger partial charge in [-0.05, 0) is 55.6 Å². The molecule has 0 bridgehead atoms. The molecule has 3 heteroatoms. The van der Waals surface area contributed by atoms with E-state index < -0.39 is 5.60 Å². The molecule has 0 unspecified atom stereocenters. The zero-order valence-electron chi connectivity index (χ0n) is 12.8. The fourth-order valence-corrected chi connectivity index (χ4v) is 3.62. The number of amides is 1. The van der Waals surface area contributed by atoms with E-state index in [0.717, 1.165) is 38.5 Å². The first-order valence-electron chi connectivity index (χ1n) is 8.13. The fourth-order valence-electron chi connectivity index (χ4n) is 3.62. The molecule has 3 nitrogen and oxygen atoms in total. The highest BCUT2D eigenvalue weighted by molar-refractivity contribution is 5.80. The molecule has 1 fully saturated rings. The van der Waals surface area contributed by atoms with E-state index >= 15 is 0 Å². The zero-order chi connectivity index (χ0) is 14.9. The third kappa shape index (κ3) is 3.29. The largest absolute Gasteiger partial charge is 0.388 e. The average Bonchev–Trinajstić information content (AvgIpc) is 2.92. The molecule has 0 heterocycles. The van der Waals surface area contributed by atoms with Crippen LogP contribution in [0, 0.1) is 11.8 Å². The van der Waals surface area contributed by atoms with Gasteiger partial charge in [-0.2, -0.15) is 0 Å². The van der Waals surface area contributed by atoms with E-state index in [0.29, 0.717) is 12.5 Å². The lowest BCUT2D eigenvalue weighted by atomic mass is 9.79. The van der Waals surface area contributed by atoms with Crippen molar-refractivity contribution < 1.29 is 9.90 Å². The third-order valence-electron chi connectivity index (χ3n) is 5.22. The molecule has 21 heavy (non-hydrogen) atoms. The summed E-state index contributed by atoms with van der Waals surface area (Å²) in [5, 5.41) is 13.5. The number of hydrogen-bond acceptors (Lipinski definition) is 2. The van der Waals surface area contributed by atoms with Gasteiger partial charge in [0, 0.05) is 12.5 Å². The molecule has 0 atom stereocenters. The summed E-state index contributed by atoms with van der Waals surface area (Å²) in [6, 6.07) is 8.29. The SMILES string of the molecule is CC1CCC(O)(CNC(=O)C2Cc3ccccc3C2)CC1. The van der Waals surface area contributed by atoms with Crippen LogP contribution in [0.3, 0.4) is 0 Å². The van der Waals surface area contributed by atoms with E-state index in [1.165, 1.54) is 11.1 Å². The predicted octanol–water partition coefficient (Wildman–Crippen LogP) is 2.46. The van der Waals surface area contributed by atoms with Crippen molar-refractivity contribution in [2.24, 2.45) is 11.8 Å². The van der Waals surface area contributed by atoms with Gasteiger partial charge in [-0.15, -0.1) is 0 Å². The molecule has 1 saturated carbocycles. The Morgan fingerprint density at radius 2 is 1.81 bits per heavy atom. The van der Waals surface area contributed by atoms with Crippen LogP contribution < -0.4 is 5.32 Å². The van der Waals surface area contributed by atoms with Crippen LogP contribution >= 0.6 is 0 Å². The lowest BCUT2D eigenvalue weighted by Crippen LogP contribution is -2.46. The van der Waals surface area contributed by atoms with E-state index in [2.05, 4.69) is 24.4 Å². The standard InChI is InChI=1S/C18H25NO2/c1-13-6-8-18(21,9-7-13)12-19-17(20)16-10-14-4-2-3-5-15(14)11-16/h2-5,13,16,21H,6-12H2,1H3,(H,19,20). The van der Waals surface area contributed by atoms with Gasteiger partial charge in [-0.25, -0.2) is 0 Å². The molecule has 0 spiro atoms. The number of benzene rings is 1. The van der Waals surface area contributed by atoms with Crippen LogP contribution in [0.25, 0.3) is 0 Å². The molecule has 0 radical (unpaired) electrons. The van der Waals surface area contributed by atoms with E-state index in [1.807, 2.05) is 12.1 Å². The van der Waals surface area contributed by atoms with Gasteiger partial charge in [0.25, 0.3) is 0 Å². The van der Waals surface area contributed by atoms with Crippen molar-refractivity contribution in [3.05, 3.63) is 35.4 Å². The third-order valence-corrected chi connectivity index (χ3v) is 5.22. The normalized spacial score (nSPS) is 29.1. The molecule has 114 valence electrons. The highest BCUT2D eigenvalue weighted by Crippen LogP contribution is 2.31. The molecule has 2 aliphatic rings. The second kappa shape index (κ2) is 5.80. The second-order valence-electron chi connectivity index (χ2n) is 7.00. The molecular weight excluding hydrogens is 262 g/mol. The lowest BCUT2D eigenvalue weighted by molar-refractivity contribution is -0.126. The number of hydrogen-bond donors (Lipinski definition) is 2. The van der Waals surface area contributed by atoms with E-state index in [-0.39, 0.29) is 11.8 Å². The number of rotatable bonds is 3. The Kier molecular flexibility index (Phi) is 4.03. The topological polar surface area (TPSA) is 49.3 Å². The van der Waals surface area contributed by atoms with Crippen molar-refractivity contribution in [1.29, 1.82) is 0 Å². The lowest BCUT2D eigenvalue weighted by Gasteiger charge is -2.35. The Morgan fingerprint density at radius 3 is 2.38 bits per heavy atom. The van der Waals surface area contributed by atoms with Gasteiger partial charge < -0.3 is 10.4 Å². The maximum atomic E-state index is 12.3. The molecule has 0 saturated heterocycles. The molecule has 0 aromatic heterocycles. The highest BCUT2D eigenvalue weighted by Gasteiger charge is 2.33. The van der Waals surface area contributed by atoms with Crippen LogP contribution in [-0.4, -0.2) is 23.2 Å². The first-order valence-corrected chi connectivity index (χ1v) is 8.13. The van der Waals surface area contributed by atoms with Crippen LogP contribution in [0.2, 0.25) is 0 Å². The monoisotopic (exact) mass is 287 g/mol. The van der Waals surface area contributed by atoms with Gasteiger partial charge in [0.05, 0.1) is 5.60 Å². The molecule has 2 N–H and O–H groups in total. The van der Waals surface area contributed by atoms with Gasteiger partial charge in [0.15, 0.2) is 0 Å². The van der Waals surface area contributed by atoms with Crippen LogP contribution in [0.15, 0.2) is 24.3 Å². The summed E-state index contributed by atoms with van der Waals surface area (Å²) in [6.45, 7) is 2.64. The minimum atomic E-state index is -0.687. The minimum Gasteiger partial charge on any atom is -0.388 e. The predicted molar refractivity (Wildman–Crippen MR) is 82.9 cm³/mol. The van der Waals surface area contributed by atoms with E-state index in [1.54, 1.807) is 0 Å². The number of carbonyl (C=O) groups excluding carboxylic acids is 1. The first-order chi connectivity index (χ1) is 10.1. The smallest absolute Gasteiger partial charge is 0.223 e. The van der Waals surface area contributed by atoms with Gasteiger partial charge in [0.1, 0.15) is 0 Å². The molecule has 2 aliphatic carbocycles. The first kappa shape index (κ1) is 14.6. The maximum absolute atomic E-state index is 12.3. The average molecular weight is 287 g/mol. The summed E-state index contributed by atoms with van der Waals surface area (Å²) in [7, 11) is 0. The Bertz CT molecular complexity index is 493. The van der Waals surface area contributed by atoms with Crippen molar-refractivity contribution in [3.8, 4) is 0 Å². The summed E-state index contributed by atoms with van der Waals surface area (Å²) < 4.78 is 0. The van der Waals surface area contributed by atoms with Gasteiger partial charge in [-0.1, -0.05) is 31.2 Å². The van der Waals surface area contributed by atoms with Crippen molar-refractivity contribution in [3.63, 3.8) is 0 Å². The van der Waals surface area contributed by atoms with Gasteiger partial charge in [-0.3, -0.25) is 4.79 Å². The number of aliphatic hydroxyl groups is 1. The Hall–Kier alpha value is -1.35. The minimum absolute atomic E-state index is 0.0357. The molecule has 3 rings (SSSR count). The van der Waals surface area contributed by atoms with Crippen LogP contribution in [0.1, 0.15) is 43.7 Å². The van der Waals surface area contributed by atoms with E-state index in [4.69, 9.17) is 0 Å². The Labute approximate surface area is 126 Å². The maximum Gasteiger partial charge on any atom is 0.223 e. The van der Waals surface area contributed by atoms with Crippen molar-refractivity contribution in [2.45, 2.75) is 51.0 Å². The van der Waals surface area contributed by atoms with Gasteiger partial charge >= 0.3 is 0 Å². The number of nitrogens with one attached hydrogen (secondary N) is 1. The number of carbonyl (C=O) groups is 1. The van der Waals surface area contributed by atoms with Gasteiger partial charge in [0.2, 0.25) is 5.91 Å². The van der Waals surface area contributed by atoms with E-state index in [9.17, 15) is 9.90 Å². The summed E-state index contributed by atoms with van der Waals surface area (Å²) >= 11 is 0. The number of fused-ring (bicyclic) bond motifs is 1. The molecule has 1 aromatic rings. The van der Waals surface area contributed by atoms with Crippen molar-refractivity contribution in [2.75, 3.05) is 6.54 Å². The van der Waals surface area contributed by atoms with Crippen molar-refractivity contribution >= 4 is 5.91 Å². The molecule has 0 aliphatic heterocycles. The fraction of sp³-hybridized carbons (Fsp3) is 0.611. The highest BCUT2D eigenvalue weighted by atomic mass is 16.3. The quantitative estimate of drug-likeness (QED) is 0.897. The zero-order valence-corrected chi connectivity index (χ0v) is 12.8. The van der Waals surface area contributed by atoms with Crippen LogP contribution in [0.4, 0.5) is 0 Å². The van der Waals surface area contributed by atoms with Crippen LogP contribution in [-0.2, 0) is 17.6 Å². The summed E-state index contributed by atoms with van der Waals surface area (Å²) in [5.41, 5.74) is 1.90. The second-order valence-corrected chi connectivity index (χ2v) is 7.00. The summed E-state index contributed by atoms with van der Waals surface area (Å²) in [5.74, 6) is 0.831. The molecule has 1 amide bonds.